The van der Waals surface area contributed by atoms with E-state index in [1.165, 1.54) is 38.5 Å². The topological polar surface area (TPSA) is 20.3 Å². The number of fused-ring (bicyclic) bond motifs is 1. The molecule has 2 nitrogen and oxygen atoms in total. The Morgan fingerprint density at radius 3 is 2.67 bits per heavy atom. The van der Waals surface area contributed by atoms with Crippen molar-refractivity contribution in [2.24, 2.45) is 23.7 Å². The van der Waals surface area contributed by atoms with Gasteiger partial charge in [0, 0.05) is 19.0 Å². The van der Waals surface area contributed by atoms with Crippen molar-refractivity contribution >= 4 is 5.91 Å². The van der Waals surface area contributed by atoms with Crippen molar-refractivity contribution in [2.45, 2.75) is 58.3 Å². The minimum absolute atomic E-state index is 0.416. The Morgan fingerprint density at radius 2 is 1.94 bits per heavy atom. The lowest BCUT2D eigenvalue weighted by Crippen LogP contribution is -2.42. The highest BCUT2D eigenvalue weighted by atomic mass is 16.2. The van der Waals surface area contributed by atoms with Crippen molar-refractivity contribution in [3.8, 4) is 0 Å². The summed E-state index contributed by atoms with van der Waals surface area (Å²) < 4.78 is 0. The summed E-state index contributed by atoms with van der Waals surface area (Å²) in [7, 11) is 0. The van der Waals surface area contributed by atoms with Crippen molar-refractivity contribution in [3.05, 3.63) is 0 Å². The first-order valence-corrected chi connectivity index (χ1v) is 8.06. The molecule has 0 spiro atoms. The standard InChI is InChI=1S/C16H27NO/c1-2-3-4-12-9-14-7-8-17(11-15(14)10-12)16(18)13-5-6-13/h12-15H,2-11H2,1H3/t12-,14+,15+/m1/s1. The Morgan fingerprint density at radius 1 is 1.17 bits per heavy atom. The monoisotopic (exact) mass is 249 g/mol. The molecular formula is C16H27NO. The van der Waals surface area contributed by atoms with Gasteiger partial charge in [-0.3, -0.25) is 4.79 Å². The maximum atomic E-state index is 12.1. The van der Waals surface area contributed by atoms with Gasteiger partial charge in [0.15, 0.2) is 0 Å². The lowest BCUT2D eigenvalue weighted by atomic mass is 9.88. The molecule has 3 atom stereocenters. The van der Waals surface area contributed by atoms with E-state index in [-0.39, 0.29) is 0 Å². The summed E-state index contributed by atoms with van der Waals surface area (Å²) in [6.45, 7) is 4.43. The molecule has 0 bridgehead atoms. The Bertz CT molecular complexity index is 310. The number of carbonyl (C=O) groups is 1. The molecule has 0 radical (unpaired) electrons. The maximum Gasteiger partial charge on any atom is 0.225 e. The molecule has 1 amide bonds. The minimum Gasteiger partial charge on any atom is -0.342 e. The summed E-state index contributed by atoms with van der Waals surface area (Å²) in [4.78, 5) is 14.3. The molecule has 2 aliphatic carbocycles. The summed E-state index contributed by atoms with van der Waals surface area (Å²) in [6, 6.07) is 0. The number of likely N-dealkylation sites (tertiary alicyclic amines) is 1. The van der Waals surface area contributed by atoms with Crippen molar-refractivity contribution in [1.82, 2.24) is 4.90 Å². The fourth-order valence-corrected chi connectivity index (χ4v) is 4.13. The lowest BCUT2D eigenvalue weighted by Gasteiger charge is -2.35. The van der Waals surface area contributed by atoms with Gasteiger partial charge in [-0.2, -0.15) is 0 Å². The SMILES string of the molecule is CCCC[C@@H]1C[C@@H]2CCN(C(=O)C3CC3)C[C@@H]2C1. The lowest BCUT2D eigenvalue weighted by molar-refractivity contribution is -0.134. The summed E-state index contributed by atoms with van der Waals surface area (Å²) in [5.74, 6) is 3.64. The van der Waals surface area contributed by atoms with Gasteiger partial charge in [0.2, 0.25) is 5.91 Å². The van der Waals surface area contributed by atoms with Gasteiger partial charge in [0.05, 0.1) is 0 Å². The number of unbranched alkanes of at least 4 members (excludes halogenated alkanes) is 1. The van der Waals surface area contributed by atoms with Gasteiger partial charge >= 0.3 is 0 Å². The van der Waals surface area contributed by atoms with E-state index < -0.39 is 0 Å². The zero-order valence-corrected chi connectivity index (χ0v) is 11.7. The summed E-state index contributed by atoms with van der Waals surface area (Å²) in [6.07, 6.45) is 10.6. The largest absolute Gasteiger partial charge is 0.342 e. The normalized spacial score (nSPS) is 35.6. The molecule has 1 heterocycles. The molecule has 2 saturated carbocycles. The van der Waals surface area contributed by atoms with Crippen molar-refractivity contribution in [2.75, 3.05) is 13.1 Å². The molecular weight excluding hydrogens is 222 g/mol. The van der Waals surface area contributed by atoms with Gasteiger partial charge in [-0.05, 0) is 49.9 Å². The van der Waals surface area contributed by atoms with Crippen LogP contribution in [0.1, 0.15) is 58.3 Å². The Labute approximate surface area is 111 Å². The van der Waals surface area contributed by atoms with Crippen LogP contribution < -0.4 is 0 Å². The number of amides is 1. The minimum atomic E-state index is 0.416. The third-order valence-corrected chi connectivity index (χ3v) is 5.37. The van der Waals surface area contributed by atoms with Gasteiger partial charge in [-0.15, -0.1) is 0 Å². The van der Waals surface area contributed by atoms with E-state index in [4.69, 9.17) is 0 Å². The first kappa shape index (κ1) is 12.5. The van der Waals surface area contributed by atoms with Crippen LogP contribution in [0.2, 0.25) is 0 Å². The van der Waals surface area contributed by atoms with Gasteiger partial charge in [0.1, 0.15) is 0 Å². The van der Waals surface area contributed by atoms with E-state index in [2.05, 4.69) is 11.8 Å². The molecule has 1 aliphatic heterocycles. The van der Waals surface area contributed by atoms with Crippen LogP contribution in [0.15, 0.2) is 0 Å². The van der Waals surface area contributed by atoms with E-state index in [0.29, 0.717) is 11.8 Å². The highest BCUT2D eigenvalue weighted by Crippen LogP contribution is 2.44. The molecule has 3 rings (SSSR count). The van der Waals surface area contributed by atoms with Gasteiger partial charge < -0.3 is 4.90 Å². The van der Waals surface area contributed by atoms with Crippen molar-refractivity contribution in [3.63, 3.8) is 0 Å². The highest BCUT2D eigenvalue weighted by Gasteiger charge is 2.41. The average Bonchev–Trinajstić information content (AvgIpc) is 3.15. The van der Waals surface area contributed by atoms with Crippen LogP contribution in [0.25, 0.3) is 0 Å². The van der Waals surface area contributed by atoms with E-state index in [0.717, 1.165) is 43.7 Å². The van der Waals surface area contributed by atoms with Gasteiger partial charge in [-0.25, -0.2) is 0 Å². The van der Waals surface area contributed by atoms with Crippen LogP contribution in [-0.2, 0) is 4.79 Å². The predicted octanol–water partition coefficient (Wildman–Crippen LogP) is 3.46. The second kappa shape index (κ2) is 5.22. The van der Waals surface area contributed by atoms with E-state index >= 15 is 0 Å². The summed E-state index contributed by atoms with van der Waals surface area (Å²) in [5.41, 5.74) is 0. The number of hydrogen-bond acceptors (Lipinski definition) is 1. The van der Waals surface area contributed by atoms with Gasteiger partial charge in [0.25, 0.3) is 0 Å². The predicted molar refractivity (Wildman–Crippen MR) is 73.2 cm³/mol. The molecule has 0 N–H and O–H groups in total. The zero-order valence-electron chi connectivity index (χ0n) is 11.7. The molecule has 3 fully saturated rings. The summed E-state index contributed by atoms with van der Waals surface area (Å²) >= 11 is 0. The molecule has 3 aliphatic rings. The Balaban J connectivity index is 1.52. The van der Waals surface area contributed by atoms with Gasteiger partial charge in [-0.1, -0.05) is 26.2 Å². The van der Waals surface area contributed by atoms with E-state index in [9.17, 15) is 4.79 Å². The third kappa shape index (κ3) is 2.57. The molecule has 0 aromatic carbocycles. The second-order valence-electron chi connectivity index (χ2n) is 6.85. The van der Waals surface area contributed by atoms with Crippen molar-refractivity contribution in [1.29, 1.82) is 0 Å². The molecule has 0 unspecified atom stereocenters. The molecule has 102 valence electrons. The maximum absolute atomic E-state index is 12.1. The number of hydrogen-bond donors (Lipinski definition) is 0. The molecule has 0 aromatic rings. The zero-order chi connectivity index (χ0) is 12.5. The van der Waals surface area contributed by atoms with Crippen LogP contribution in [-0.4, -0.2) is 23.9 Å². The number of carbonyl (C=O) groups excluding carboxylic acids is 1. The number of nitrogens with zero attached hydrogens (tertiary/aromatic N) is 1. The molecule has 0 aromatic heterocycles. The number of rotatable bonds is 4. The first-order chi connectivity index (χ1) is 8.78. The highest BCUT2D eigenvalue weighted by molar-refractivity contribution is 5.81. The molecule has 18 heavy (non-hydrogen) atoms. The third-order valence-electron chi connectivity index (χ3n) is 5.37. The quantitative estimate of drug-likeness (QED) is 0.747. The number of piperidine rings is 1. The van der Waals surface area contributed by atoms with Crippen molar-refractivity contribution < 1.29 is 4.79 Å². The van der Waals surface area contributed by atoms with E-state index in [1.54, 1.807) is 0 Å². The van der Waals surface area contributed by atoms with Crippen LogP contribution in [0, 0.1) is 23.7 Å². The van der Waals surface area contributed by atoms with Crippen LogP contribution in [0.3, 0.4) is 0 Å². The first-order valence-electron chi connectivity index (χ1n) is 8.06. The smallest absolute Gasteiger partial charge is 0.225 e. The Hall–Kier alpha value is -0.530. The summed E-state index contributed by atoms with van der Waals surface area (Å²) in [5, 5.41) is 0. The fourth-order valence-electron chi connectivity index (χ4n) is 4.13. The van der Waals surface area contributed by atoms with Crippen LogP contribution in [0.4, 0.5) is 0 Å². The molecule has 1 saturated heterocycles. The second-order valence-corrected chi connectivity index (χ2v) is 6.85. The average molecular weight is 249 g/mol. The fraction of sp³-hybridized carbons (Fsp3) is 0.938. The Kier molecular flexibility index (Phi) is 3.63. The van der Waals surface area contributed by atoms with E-state index in [1.807, 2.05) is 0 Å². The molecule has 2 heteroatoms. The van der Waals surface area contributed by atoms with Crippen LogP contribution in [0.5, 0.6) is 0 Å². The van der Waals surface area contributed by atoms with Crippen LogP contribution >= 0.6 is 0 Å².